The molecule has 2 rings (SSSR count). The highest BCUT2D eigenvalue weighted by molar-refractivity contribution is 9.10. The average Bonchev–Trinajstić information content (AvgIpc) is 3.31. The Morgan fingerprint density at radius 3 is 1.69 bits per heavy atom. The van der Waals surface area contributed by atoms with E-state index in [4.69, 9.17) is 28.5 Å². The first kappa shape index (κ1) is 42.8. The van der Waals surface area contributed by atoms with Crippen molar-refractivity contribution in [1.82, 2.24) is 5.06 Å². The van der Waals surface area contributed by atoms with E-state index < -0.39 is 55.2 Å². The molecule has 0 N–H and O–H groups in total. The Balaban J connectivity index is 1.61. The first-order valence-corrected chi connectivity index (χ1v) is 19.8. The molecule has 0 spiro atoms. The summed E-state index contributed by atoms with van der Waals surface area (Å²) >= 11 is 6.70. The summed E-state index contributed by atoms with van der Waals surface area (Å²) in [6.45, 7) is 11.1. The van der Waals surface area contributed by atoms with Crippen LogP contribution in [0.15, 0.2) is 0 Å². The number of imide groups is 1. The van der Waals surface area contributed by atoms with Crippen LogP contribution in [0.5, 0.6) is 0 Å². The van der Waals surface area contributed by atoms with Crippen LogP contribution in [0.4, 0.5) is 0 Å². The van der Waals surface area contributed by atoms with Gasteiger partial charge in [0.15, 0.2) is 6.29 Å². The molecule has 3 unspecified atom stereocenters. The molecule has 0 bridgehead atoms. The highest BCUT2D eigenvalue weighted by Crippen LogP contribution is 2.37. The lowest BCUT2D eigenvalue weighted by atomic mass is 9.83. The van der Waals surface area contributed by atoms with Gasteiger partial charge in [-0.2, -0.15) is 0 Å². The molecule has 13 nitrogen and oxygen atoms in total. The van der Waals surface area contributed by atoms with E-state index in [1.54, 1.807) is 34.6 Å². The summed E-state index contributed by atoms with van der Waals surface area (Å²) in [5.74, 6) is -2.54. The highest BCUT2D eigenvalue weighted by atomic mass is 79.9. The van der Waals surface area contributed by atoms with Crippen LogP contribution in [0, 0.1) is 10.8 Å². The van der Waals surface area contributed by atoms with Gasteiger partial charge in [0.25, 0.3) is 11.8 Å². The van der Waals surface area contributed by atoms with Gasteiger partial charge in [-0.3, -0.25) is 24.0 Å². The van der Waals surface area contributed by atoms with E-state index in [-0.39, 0.29) is 58.4 Å². The van der Waals surface area contributed by atoms with Gasteiger partial charge in [-0.1, -0.05) is 53.4 Å². The van der Waals surface area contributed by atoms with Crippen LogP contribution < -0.4 is 0 Å². The first-order chi connectivity index (χ1) is 22.3. The van der Waals surface area contributed by atoms with E-state index >= 15 is 0 Å². The Bertz CT molecular complexity index is 1140. The topological polar surface area (TPSA) is 161 Å². The first-order valence-electron chi connectivity index (χ1n) is 15.7. The molecule has 2 amide bonds. The Labute approximate surface area is 306 Å². The maximum Gasteiger partial charge on any atom is 0.349 e. The van der Waals surface area contributed by atoms with Crippen molar-refractivity contribution in [2.24, 2.45) is 10.8 Å². The molecule has 48 heavy (non-hydrogen) atoms. The molecule has 17 heteroatoms. The number of rotatable bonds is 20. The summed E-state index contributed by atoms with van der Waals surface area (Å²) in [5, 5.41) is 0.467. The number of nitrogens with zero attached hydrogens (tertiary/aromatic N) is 1. The lowest BCUT2D eigenvalue weighted by Gasteiger charge is -2.30. The van der Waals surface area contributed by atoms with Crippen LogP contribution in [0.1, 0.15) is 86.5 Å². The average molecular weight is 850 g/mol. The molecular formula is C31H47Br2NO12S2. The van der Waals surface area contributed by atoms with Gasteiger partial charge in [-0.25, -0.2) is 4.79 Å². The number of ether oxygens (including phenoxy) is 5. The van der Waals surface area contributed by atoms with E-state index in [1.165, 1.54) is 28.5 Å². The lowest BCUT2D eigenvalue weighted by Crippen LogP contribution is -2.43. The summed E-state index contributed by atoms with van der Waals surface area (Å²) < 4.78 is 24.9. The zero-order valence-electron chi connectivity index (χ0n) is 28.4. The van der Waals surface area contributed by atoms with Crippen molar-refractivity contribution < 1.29 is 57.3 Å². The SMILES string of the molecule is CC(C)(CC(C)(Br)C(=O)OCCOC1CCCCO1)C(=O)OCCSSCCOC(=O)C(C)(C)CC(C)(Br)C(=O)ON1C(=O)CCC1=O. The maximum atomic E-state index is 12.8. The van der Waals surface area contributed by atoms with E-state index in [9.17, 15) is 28.8 Å². The predicted molar refractivity (Wildman–Crippen MR) is 186 cm³/mol. The summed E-state index contributed by atoms with van der Waals surface area (Å²) in [6, 6.07) is 0. The second kappa shape index (κ2) is 19.3. The number of esters is 3. The third kappa shape index (κ3) is 14.1. The van der Waals surface area contributed by atoms with Crippen LogP contribution in [-0.4, -0.2) is 100 Å². The number of hydroxylamine groups is 2. The zero-order chi connectivity index (χ0) is 36.2. The Morgan fingerprint density at radius 2 is 1.21 bits per heavy atom. The van der Waals surface area contributed by atoms with Crippen molar-refractivity contribution in [3.63, 3.8) is 0 Å². The van der Waals surface area contributed by atoms with E-state index in [2.05, 4.69) is 31.9 Å². The van der Waals surface area contributed by atoms with Crippen molar-refractivity contribution in [2.45, 2.75) is 101 Å². The van der Waals surface area contributed by atoms with Crippen LogP contribution >= 0.6 is 53.4 Å². The van der Waals surface area contributed by atoms with E-state index in [0.29, 0.717) is 23.2 Å². The van der Waals surface area contributed by atoms with Gasteiger partial charge in [0.1, 0.15) is 28.5 Å². The molecule has 0 radical (unpaired) electrons. The molecule has 2 saturated heterocycles. The molecule has 2 aliphatic rings. The van der Waals surface area contributed by atoms with Crippen LogP contribution in [0.25, 0.3) is 0 Å². The van der Waals surface area contributed by atoms with Gasteiger partial charge >= 0.3 is 23.9 Å². The molecule has 2 aliphatic heterocycles. The lowest BCUT2D eigenvalue weighted by molar-refractivity contribution is -0.199. The van der Waals surface area contributed by atoms with Crippen molar-refractivity contribution in [3.05, 3.63) is 0 Å². The quantitative estimate of drug-likeness (QED) is 0.0388. The second-order valence-corrected chi connectivity index (χ2v) is 19.4. The molecule has 0 aliphatic carbocycles. The standard InChI is InChI=1S/C31H47Br2NO12S2/c1-28(2,19-30(5,32)26(39)43-14-13-42-23-9-7-8-12-41-23)24(37)44-15-17-47-48-18-16-45-25(38)29(3,4)20-31(6,33)27(40)46-34-21(35)10-11-22(34)36/h23H,7-20H2,1-6H3. The number of amides is 2. The minimum absolute atomic E-state index is 0.0158. The number of hydrogen-bond donors (Lipinski definition) is 0. The third-order valence-corrected chi connectivity index (χ3v) is 10.9. The zero-order valence-corrected chi connectivity index (χ0v) is 33.2. The fraction of sp³-hybridized carbons (Fsp3) is 0.806. The van der Waals surface area contributed by atoms with Gasteiger partial charge in [0, 0.05) is 31.0 Å². The summed E-state index contributed by atoms with van der Waals surface area (Å²) in [6.07, 6.45) is 2.72. The van der Waals surface area contributed by atoms with E-state index in [0.717, 1.165) is 19.3 Å². The molecule has 2 heterocycles. The van der Waals surface area contributed by atoms with Crippen molar-refractivity contribution in [3.8, 4) is 0 Å². The normalized spacial score (nSPS) is 19.7. The fourth-order valence-corrected chi connectivity index (χ4v) is 8.18. The van der Waals surface area contributed by atoms with Gasteiger partial charge in [0.2, 0.25) is 0 Å². The molecule has 274 valence electrons. The fourth-order valence-electron chi connectivity index (χ4n) is 4.94. The number of hydrogen-bond acceptors (Lipinski definition) is 14. The molecule has 2 fully saturated rings. The minimum Gasteiger partial charge on any atom is -0.464 e. The van der Waals surface area contributed by atoms with Gasteiger partial charge in [0.05, 0.1) is 17.4 Å². The third-order valence-electron chi connectivity index (χ3n) is 7.33. The maximum absolute atomic E-state index is 12.8. The van der Waals surface area contributed by atoms with Crippen molar-refractivity contribution in [2.75, 3.05) is 44.5 Å². The summed E-state index contributed by atoms with van der Waals surface area (Å²) in [5.41, 5.74) is -2.05. The molecule has 0 aromatic carbocycles. The van der Waals surface area contributed by atoms with Gasteiger partial charge in [-0.05, 0) is 73.6 Å². The van der Waals surface area contributed by atoms with Crippen LogP contribution in [-0.2, 0) is 57.3 Å². The van der Waals surface area contributed by atoms with Crippen LogP contribution in [0.2, 0.25) is 0 Å². The van der Waals surface area contributed by atoms with Crippen molar-refractivity contribution in [1.29, 1.82) is 0 Å². The molecular weight excluding hydrogens is 802 g/mol. The number of alkyl halides is 2. The monoisotopic (exact) mass is 847 g/mol. The molecule has 0 aromatic rings. The number of carbonyl (C=O) groups is 6. The number of carbonyl (C=O) groups excluding carboxylic acids is 6. The molecule has 3 atom stereocenters. The van der Waals surface area contributed by atoms with Crippen LogP contribution in [0.3, 0.4) is 0 Å². The molecule has 0 saturated carbocycles. The van der Waals surface area contributed by atoms with Gasteiger partial charge < -0.3 is 28.5 Å². The highest BCUT2D eigenvalue weighted by Gasteiger charge is 2.45. The predicted octanol–water partition coefficient (Wildman–Crippen LogP) is 5.29. The van der Waals surface area contributed by atoms with E-state index in [1.807, 2.05) is 0 Å². The minimum atomic E-state index is -1.36. The smallest absolute Gasteiger partial charge is 0.349 e. The second-order valence-electron chi connectivity index (χ2n) is 13.2. The largest absolute Gasteiger partial charge is 0.464 e. The Hall–Kier alpha value is -1.40. The summed E-state index contributed by atoms with van der Waals surface area (Å²) in [7, 11) is 2.89. The van der Waals surface area contributed by atoms with Gasteiger partial charge in [-0.15, -0.1) is 5.06 Å². The van der Waals surface area contributed by atoms with Crippen molar-refractivity contribution >= 4 is 89.1 Å². The number of halogens is 2. The molecule has 0 aromatic heterocycles. The summed E-state index contributed by atoms with van der Waals surface area (Å²) in [4.78, 5) is 79.4. The Kier molecular flexibility index (Phi) is 17.2. The Morgan fingerprint density at radius 1 is 0.729 bits per heavy atom.